The Morgan fingerprint density at radius 2 is 1.71 bits per heavy atom. The lowest BCUT2D eigenvalue weighted by molar-refractivity contribution is -0.139. The molecule has 0 aromatic heterocycles. The molecule has 1 saturated carbocycles. The van der Waals surface area contributed by atoms with E-state index in [4.69, 9.17) is 0 Å². The van der Waals surface area contributed by atoms with Gasteiger partial charge in [-0.3, -0.25) is 0 Å². The van der Waals surface area contributed by atoms with Crippen LogP contribution in [0, 0.1) is 5.82 Å². The highest BCUT2D eigenvalue weighted by Crippen LogP contribution is 2.33. The number of halogens is 4. The van der Waals surface area contributed by atoms with Crippen molar-refractivity contribution < 1.29 is 22.7 Å². The Morgan fingerprint density at radius 1 is 1.10 bits per heavy atom. The lowest BCUT2D eigenvalue weighted by Gasteiger charge is -2.27. The molecule has 2 nitrogen and oxygen atoms in total. The van der Waals surface area contributed by atoms with Gasteiger partial charge in [-0.15, -0.1) is 0 Å². The van der Waals surface area contributed by atoms with Gasteiger partial charge in [-0.2, -0.15) is 13.2 Å². The summed E-state index contributed by atoms with van der Waals surface area (Å²) in [7, 11) is 0. The highest BCUT2D eigenvalue weighted by atomic mass is 19.4. The summed E-state index contributed by atoms with van der Waals surface area (Å²) in [6, 6.07) is 2.79. The van der Waals surface area contributed by atoms with Crippen LogP contribution in [0.15, 0.2) is 18.2 Å². The molecule has 0 unspecified atom stereocenters. The number of rotatable bonds is 3. The second kappa shape index (κ2) is 6.22. The van der Waals surface area contributed by atoms with Gasteiger partial charge in [0.05, 0.1) is 11.2 Å². The lowest BCUT2D eigenvalue weighted by Crippen LogP contribution is -2.36. The second-order valence-corrected chi connectivity index (χ2v) is 5.68. The molecule has 2 rings (SSSR count). The zero-order valence-corrected chi connectivity index (χ0v) is 11.6. The van der Waals surface area contributed by atoms with Gasteiger partial charge in [-0.25, -0.2) is 4.39 Å². The summed E-state index contributed by atoms with van der Waals surface area (Å²) < 4.78 is 51.1. The van der Waals surface area contributed by atoms with Crippen LogP contribution in [0.3, 0.4) is 0 Å². The SMILES string of the molecule is OC1(CNc2ccc(F)c(C(F)(F)F)c2)CCCCCC1. The highest BCUT2D eigenvalue weighted by molar-refractivity contribution is 5.47. The third-order valence-electron chi connectivity index (χ3n) is 3.93. The normalized spacial score (nSPS) is 19.1. The topological polar surface area (TPSA) is 32.3 Å². The molecule has 0 amide bonds. The monoisotopic (exact) mass is 305 g/mol. The number of benzene rings is 1. The van der Waals surface area contributed by atoms with Crippen molar-refractivity contribution in [2.24, 2.45) is 0 Å². The first-order valence-electron chi connectivity index (χ1n) is 7.13. The first-order chi connectivity index (χ1) is 9.80. The van der Waals surface area contributed by atoms with Crippen LogP contribution in [0.2, 0.25) is 0 Å². The predicted molar refractivity (Wildman–Crippen MR) is 72.5 cm³/mol. The van der Waals surface area contributed by atoms with Crippen molar-refractivity contribution in [2.45, 2.75) is 50.3 Å². The standard InChI is InChI=1S/C15H19F4NO/c16-13-6-5-11(9-12(13)15(17,18)19)20-10-14(21)7-3-1-2-4-8-14/h5-6,9,20-21H,1-4,7-8,10H2. The molecule has 1 aromatic rings. The molecule has 1 aromatic carbocycles. The van der Waals surface area contributed by atoms with Crippen molar-refractivity contribution in [1.82, 2.24) is 0 Å². The van der Waals surface area contributed by atoms with Crippen LogP contribution >= 0.6 is 0 Å². The van der Waals surface area contributed by atoms with E-state index >= 15 is 0 Å². The fourth-order valence-electron chi connectivity index (χ4n) is 2.68. The smallest absolute Gasteiger partial charge is 0.388 e. The van der Waals surface area contributed by atoms with Crippen molar-refractivity contribution in [3.05, 3.63) is 29.6 Å². The molecule has 0 bridgehead atoms. The van der Waals surface area contributed by atoms with Gasteiger partial charge in [0.15, 0.2) is 0 Å². The lowest BCUT2D eigenvalue weighted by atomic mass is 9.94. The van der Waals surface area contributed by atoms with Gasteiger partial charge >= 0.3 is 6.18 Å². The number of anilines is 1. The summed E-state index contributed by atoms with van der Waals surface area (Å²) in [5.41, 5.74) is -2.02. The molecule has 0 aliphatic heterocycles. The molecular weight excluding hydrogens is 286 g/mol. The minimum Gasteiger partial charge on any atom is -0.388 e. The Labute approximate surface area is 121 Å². The fraction of sp³-hybridized carbons (Fsp3) is 0.600. The van der Waals surface area contributed by atoms with E-state index in [9.17, 15) is 22.7 Å². The van der Waals surface area contributed by atoms with Crippen molar-refractivity contribution in [2.75, 3.05) is 11.9 Å². The molecule has 6 heteroatoms. The molecule has 0 saturated heterocycles. The van der Waals surface area contributed by atoms with E-state index in [-0.39, 0.29) is 12.2 Å². The fourth-order valence-corrected chi connectivity index (χ4v) is 2.68. The average molecular weight is 305 g/mol. The largest absolute Gasteiger partial charge is 0.419 e. The van der Waals surface area contributed by atoms with E-state index in [0.29, 0.717) is 12.8 Å². The molecule has 118 valence electrons. The van der Waals surface area contributed by atoms with E-state index in [1.54, 1.807) is 0 Å². The van der Waals surface area contributed by atoms with Gasteiger partial charge < -0.3 is 10.4 Å². The number of hydrogen-bond acceptors (Lipinski definition) is 2. The number of aliphatic hydroxyl groups is 1. The van der Waals surface area contributed by atoms with Crippen LogP contribution in [0.5, 0.6) is 0 Å². The molecule has 0 radical (unpaired) electrons. The molecule has 0 atom stereocenters. The van der Waals surface area contributed by atoms with Crippen LogP contribution in [-0.2, 0) is 6.18 Å². The average Bonchev–Trinajstić information content (AvgIpc) is 2.62. The number of alkyl halides is 3. The number of hydrogen-bond donors (Lipinski definition) is 2. The highest BCUT2D eigenvalue weighted by Gasteiger charge is 2.34. The summed E-state index contributed by atoms with van der Waals surface area (Å²) in [4.78, 5) is 0. The summed E-state index contributed by atoms with van der Waals surface area (Å²) in [6.07, 6.45) is 0.501. The number of nitrogens with one attached hydrogen (secondary N) is 1. The van der Waals surface area contributed by atoms with E-state index in [0.717, 1.165) is 37.8 Å². The van der Waals surface area contributed by atoms with Crippen molar-refractivity contribution in [3.63, 3.8) is 0 Å². The molecule has 0 heterocycles. The summed E-state index contributed by atoms with van der Waals surface area (Å²) in [5, 5.41) is 13.2. The van der Waals surface area contributed by atoms with Crippen molar-refractivity contribution in [3.8, 4) is 0 Å². The van der Waals surface area contributed by atoms with E-state index in [1.165, 1.54) is 6.07 Å². The third-order valence-corrected chi connectivity index (χ3v) is 3.93. The Bertz CT molecular complexity index is 479. The van der Waals surface area contributed by atoms with Crippen LogP contribution in [0.1, 0.15) is 44.1 Å². The van der Waals surface area contributed by atoms with Crippen molar-refractivity contribution in [1.29, 1.82) is 0 Å². The van der Waals surface area contributed by atoms with Gasteiger partial charge in [0.25, 0.3) is 0 Å². The Hall–Kier alpha value is -1.30. The first-order valence-corrected chi connectivity index (χ1v) is 7.13. The summed E-state index contributed by atoms with van der Waals surface area (Å²) in [6.45, 7) is 0.177. The van der Waals surface area contributed by atoms with Crippen LogP contribution in [0.25, 0.3) is 0 Å². The molecular formula is C15H19F4NO. The minimum absolute atomic E-state index is 0.168. The summed E-state index contributed by atoms with van der Waals surface area (Å²) in [5.74, 6) is -1.29. The first kappa shape index (κ1) is 16.1. The summed E-state index contributed by atoms with van der Waals surface area (Å²) >= 11 is 0. The van der Waals surface area contributed by atoms with Gasteiger partial charge in [-0.1, -0.05) is 25.7 Å². The quantitative estimate of drug-likeness (QED) is 0.643. The van der Waals surface area contributed by atoms with Crippen LogP contribution < -0.4 is 5.32 Å². The molecule has 1 aliphatic rings. The molecule has 21 heavy (non-hydrogen) atoms. The zero-order valence-electron chi connectivity index (χ0n) is 11.6. The van der Waals surface area contributed by atoms with Gasteiger partial charge in [0.2, 0.25) is 0 Å². The molecule has 1 aliphatic carbocycles. The van der Waals surface area contributed by atoms with Gasteiger partial charge in [0.1, 0.15) is 5.82 Å². The van der Waals surface area contributed by atoms with Crippen LogP contribution in [-0.4, -0.2) is 17.3 Å². The van der Waals surface area contributed by atoms with Crippen molar-refractivity contribution >= 4 is 5.69 Å². The second-order valence-electron chi connectivity index (χ2n) is 5.68. The van der Waals surface area contributed by atoms with Gasteiger partial charge in [-0.05, 0) is 31.0 Å². The Balaban J connectivity index is 2.06. The maximum Gasteiger partial charge on any atom is 0.419 e. The zero-order chi connectivity index (χ0) is 15.5. The third kappa shape index (κ3) is 4.33. The minimum atomic E-state index is -4.72. The Morgan fingerprint density at radius 3 is 2.29 bits per heavy atom. The maximum atomic E-state index is 13.2. The molecule has 1 fully saturated rings. The predicted octanol–water partition coefficient (Wildman–Crippen LogP) is 4.34. The van der Waals surface area contributed by atoms with E-state index in [2.05, 4.69) is 5.32 Å². The van der Waals surface area contributed by atoms with E-state index in [1.807, 2.05) is 0 Å². The Kier molecular flexibility index (Phi) is 4.76. The maximum absolute atomic E-state index is 13.2. The molecule has 0 spiro atoms. The van der Waals surface area contributed by atoms with Gasteiger partial charge in [0, 0.05) is 12.2 Å². The van der Waals surface area contributed by atoms with Crippen LogP contribution in [0.4, 0.5) is 23.2 Å². The van der Waals surface area contributed by atoms with E-state index < -0.39 is 23.2 Å². The molecule has 2 N–H and O–H groups in total.